The van der Waals surface area contributed by atoms with E-state index in [0.29, 0.717) is 50.9 Å². The third-order valence-corrected chi connectivity index (χ3v) is 9.46. The van der Waals surface area contributed by atoms with Crippen LogP contribution >= 0.6 is 0 Å². The second kappa shape index (κ2) is 14.2. The lowest BCUT2D eigenvalue weighted by atomic mass is 9.80. The number of carbonyl (C=O) groups is 3. The smallest absolute Gasteiger partial charge is 0.237 e. The van der Waals surface area contributed by atoms with Crippen LogP contribution in [0.5, 0.6) is 0 Å². The summed E-state index contributed by atoms with van der Waals surface area (Å²) in [5.41, 5.74) is 0. The van der Waals surface area contributed by atoms with Gasteiger partial charge in [-0.2, -0.15) is 0 Å². The largest absolute Gasteiger partial charge is 0.393 e. The number of amides is 3. The van der Waals surface area contributed by atoms with Gasteiger partial charge in [-0.05, 0) is 77.2 Å². The van der Waals surface area contributed by atoms with Crippen LogP contribution in [0.2, 0.25) is 0 Å². The monoisotopic (exact) mass is 549 g/mol. The molecule has 4 rings (SSSR count). The van der Waals surface area contributed by atoms with Crippen molar-refractivity contribution in [1.29, 1.82) is 0 Å². The molecule has 6 atom stereocenters. The molecule has 4 aliphatic rings. The Labute approximate surface area is 233 Å². The summed E-state index contributed by atoms with van der Waals surface area (Å²) in [7, 11) is 0. The highest BCUT2D eigenvalue weighted by molar-refractivity contribution is 5.83. The summed E-state index contributed by atoms with van der Waals surface area (Å²) >= 11 is 0. The van der Waals surface area contributed by atoms with Crippen molar-refractivity contribution < 1.29 is 24.6 Å². The number of likely N-dealkylation sites (tertiary alicyclic amines) is 2. The van der Waals surface area contributed by atoms with Crippen molar-refractivity contribution in [3.05, 3.63) is 0 Å². The van der Waals surface area contributed by atoms with Gasteiger partial charge in [0.05, 0.1) is 24.7 Å². The molecule has 1 aliphatic carbocycles. The van der Waals surface area contributed by atoms with Gasteiger partial charge < -0.3 is 31.1 Å². The van der Waals surface area contributed by atoms with Crippen LogP contribution in [0, 0.1) is 11.8 Å². The normalized spacial score (nSPS) is 35.8. The van der Waals surface area contributed by atoms with E-state index in [1.165, 1.54) is 25.7 Å². The molecule has 3 amide bonds. The molecule has 0 aromatic rings. The molecule has 10 nitrogen and oxygen atoms in total. The van der Waals surface area contributed by atoms with Crippen LogP contribution in [-0.2, 0) is 14.4 Å². The number of carbonyl (C=O) groups excluding carboxylic acids is 3. The zero-order chi connectivity index (χ0) is 27.9. The Hall–Kier alpha value is -1.75. The lowest BCUT2D eigenvalue weighted by Crippen LogP contribution is -2.48. The number of aliphatic hydroxyl groups excluding tert-OH is 2. The van der Waals surface area contributed by atoms with Gasteiger partial charge in [-0.1, -0.05) is 12.8 Å². The van der Waals surface area contributed by atoms with Crippen molar-refractivity contribution in [2.45, 2.75) is 121 Å². The Morgan fingerprint density at radius 3 is 2.28 bits per heavy atom. The molecule has 0 radical (unpaired) electrons. The molecule has 4 fully saturated rings. The molecule has 3 aliphatic heterocycles. The van der Waals surface area contributed by atoms with E-state index < -0.39 is 12.2 Å². The van der Waals surface area contributed by atoms with Crippen molar-refractivity contribution in [1.82, 2.24) is 25.8 Å². The predicted octanol–water partition coefficient (Wildman–Crippen LogP) is 0.753. The standard InChI is InChI=1S/C29H51N5O5/c1-19(2)34-18-22-14-26(34)29(39)31-10-7-21-17-33(23-5-3-4-6-23)12-9-20(21)13-27(37)30-11-8-24(35)15-25(36)16-28(38)32-22/h19-26,35-36H,3-18H2,1-2H3,(H,30,37)(H,31,39)(H,32,38)/t20-,21-,22-,24+,25+,26-/m0/s1. The summed E-state index contributed by atoms with van der Waals surface area (Å²) in [6.07, 6.45) is 6.51. The lowest BCUT2D eigenvalue weighted by molar-refractivity contribution is -0.127. The fourth-order valence-electron chi connectivity index (χ4n) is 7.30. The first-order valence-electron chi connectivity index (χ1n) is 15.4. The van der Waals surface area contributed by atoms with Gasteiger partial charge in [0.1, 0.15) is 0 Å². The molecule has 5 N–H and O–H groups in total. The van der Waals surface area contributed by atoms with Gasteiger partial charge in [-0.15, -0.1) is 0 Å². The first-order valence-corrected chi connectivity index (χ1v) is 15.4. The first-order chi connectivity index (χ1) is 18.7. The molecule has 1 saturated carbocycles. The van der Waals surface area contributed by atoms with Gasteiger partial charge >= 0.3 is 0 Å². The minimum Gasteiger partial charge on any atom is -0.393 e. The van der Waals surface area contributed by atoms with Crippen LogP contribution < -0.4 is 16.0 Å². The lowest BCUT2D eigenvalue weighted by Gasteiger charge is -2.41. The van der Waals surface area contributed by atoms with Crippen LogP contribution in [-0.4, -0.2) is 107 Å². The topological polar surface area (TPSA) is 134 Å². The Morgan fingerprint density at radius 2 is 1.54 bits per heavy atom. The van der Waals surface area contributed by atoms with Crippen molar-refractivity contribution in [3.8, 4) is 0 Å². The molecule has 3 heterocycles. The molecule has 0 aromatic carbocycles. The van der Waals surface area contributed by atoms with Gasteiger partial charge in [-0.25, -0.2) is 0 Å². The van der Waals surface area contributed by atoms with Crippen molar-refractivity contribution in [3.63, 3.8) is 0 Å². The van der Waals surface area contributed by atoms with E-state index in [1.54, 1.807) is 0 Å². The van der Waals surface area contributed by atoms with Gasteiger partial charge in [0.15, 0.2) is 0 Å². The van der Waals surface area contributed by atoms with E-state index in [2.05, 4.69) is 39.6 Å². The number of rotatable bonds is 2. The highest BCUT2D eigenvalue weighted by Crippen LogP contribution is 2.34. The maximum absolute atomic E-state index is 13.3. The van der Waals surface area contributed by atoms with Gasteiger partial charge in [0.25, 0.3) is 0 Å². The number of fused-ring (bicyclic) bond motifs is 3. The third kappa shape index (κ3) is 8.62. The van der Waals surface area contributed by atoms with Crippen molar-refractivity contribution >= 4 is 17.7 Å². The molecule has 222 valence electrons. The number of nitrogens with one attached hydrogen (secondary N) is 3. The highest BCUT2D eigenvalue weighted by atomic mass is 16.3. The van der Waals surface area contributed by atoms with E-state index in [4.69, 9.17) is 0 Å². The first kappa shape index (κ1) is 30.2. The van der Waals surface area contributed by atoms with Crippen LogP contribution in [0.4, 0.5) is 0 Å². The molecule has 10 heteroatoms. The summed E-state index contributed by atoms with van der Waals surface area (Å²) < 4.78 is 0. The quantitative estimate of drug-likeness (QED) is 0.343. The van der Waals surface area contributed by atoms with Gasteiger partial charge in [-0.3, -0.25) is 19.3 Å². The minimum absolute atomic E-state index is 0.00392. The minimum atomic E-state index is -0.964. The number of hydrogen-bond acceptors (Lipinski definition) is 7. The summed E-state index contributed by atoms with van der Waals surface area (Å²) in [5, 5.41) is 29.9. The van der Waals surface area contributed by atoms with Crippen LogP contribution in [0.1, 0.15) is 84.5 Å². The number of hydrogen-bond donors (Lipinski definition) is 5. The fourth-order valence-corrected chi connectivity index (χ4v) is 7.30. The SMILES string of the molecule is CC(C)N1C[C@@H]2C[C@H]1C(=O)NCC[C@H]1CN(C3CCCC3)CC[C@H]1CC(=O)NCC[C@@H](O)C[C@@H](O)CC(=O)N2. The average Bonchev–Trinajstić information content (AvgIpc) is 3.55. The average molecular weight is 550 g/mol. The predicted molar refractivity (Wildman–Crippen MR) is 149 cm³/mol. The Bertz CT molecular complexity index is 835. The molecule has 0 aromatic heterocycles. The number of nitrogens with zero attached hydrogens (tertiary/aromatic N) is 2. The van der Waals surface area contributed by atoms with Gasteiger partial charge in [0.2, 0.25) is 17.7 Å². The van der Waals surface area contributed by atoms with E-state index in [9.17, 15) is 24.6 Å². The second-order valence-corrected chi connectivity index (χ2v) is 12.7. The molecule has 2 bridgehead atoms. The summed E-state index contributed by atoms with van der Waals surface area (Å²) in [5.74, 6) is 0.330. The number of piperidine rings is 1. The Morgan fingerprint density at radius 1 is 0.795 bits per heavy atom. The summed E-state index contributed by atoms with van der Waals surface area (Å²) in [4.78, 5) is 43.5. The molecule has 0 spiro atoms. The van der Waals surface area contributed by atoms with E-state index >= 15 is 0 Å². The maximum atomic E-state index is 13.3. The molecule has 0 unspecified atom stereocenters. The van der Waals surface area contributed by atoms with E-state index in [-0.39, 0.29) is 54.6 Å². The second-order valence-electron chi connectivity index (χ2n) is 12.7. The zero-order valence-electron chi connectivity index (χ0n) is 23.9. The Kier molecular flexibility index (Phi) is 11.0. The molecule has 3 saturated heterocycles. The third-order valence-electron chi connectivity index (χ3n) is 9.46. The van der Waals surface area contributed by atoms with Crippen LogP contribution in [0.25, 0.3) is 0 Å². The maximum Gasteiger partial charge on any atom is 0.237 e. The summed E-state index contributed by atoms with van der Waals surface area (Å²) in [6, 6.07) is 0.343. The molecule has 39 heavy (non-hydrogen) atoms. The van der Waals surface area contributed by atoms with Crippen molar-refractivity contribution in [2.75, 3.05) is 32.7 Å². The summed E-state index contributed by atoms with van der Waals surface area (Å²) in [6.45, 7) is 7.64. The van der Waals surface area contributed by atoms with Crippen molar-refractivity contribution in [2.24, 2.45) is 11.8 Å². The molecular formula is C29H51N5O5. The Balaban J connectivity index is 1.44. The van der Waals surface area contributed by atoms with E-state index in [0.717, 1.165) is 25.9 Å². The highest BCUT2D eigenvalue weighted by Gasteiger charge is 2.39. The fraction of sp³-hybridized carbons (Fsp3) is 0.897. The van der Waals surface area contributed by atoms with E-state index in [1.807, 2.05) is 0 Å². The van der Waals surface area contributed by atoms with Crippen LogP contribution in [0.3, 0.4) is 0 Å². The zero-order valence-corrected chi connectivity index (χ0v) is 23.9. The molecular weight excluding hydrogens is 498 g/mol. The number of aliphatic hydroxyl groups is 2. The van der Waals surface area contributed by atoms with Gasteiger partial charge in [0, 0.05) is 50.7 Å². The van der Waals surface area contributed by atoms with Crippen LogP contribution in [0.15, 0.2) is 0 Å².